The molecule has 2 nitrogen and oxygen atoms in total. The molecule has 0 aliphatic carbocycles. The van der Waals surface area contributed by atoms with Crippen LogP contribution in [-0.4, -0.2) is 30.6 Å². The maximum atomic E-state index is 5.81. The number of hydrogen-bond donors (Lipinski definition) is 1. The molecular weight excluding hydrogens is 264 g/mol. The van der Waals surface area contributed by atoms with Crippen molar-refractivity contribution in [1.82, 2.24) is 0 Å². The highest BCUT2D eigenvalue weighted by molar-refractivity contribution is 7.99. The van der Waals surface area contributed by atoms with E-state index in [1.54, 1.807) is 0 Å². The summed E-state index contributed by atoms with van der Waals surface area (Å²) in [4.78, 5) is 2.67. The van der Waals surface area contributed by atoms with Gasteiger partial charge in [-0.2, -0.15) is 11.8 Å². The van der Waals surface area contributed by atoms with Crippen molar-refractivity contribution in [3.8, 4) is 0 Å². The maximum absolute atomic E-state index is 5.81. The van der Waals surface area contributed by atoms with Gasteiger partial charge in [0.1, 0.15) is 0 Å². The van der Waals surface area contributed by atoms with Crippen molar-refractivity contribution in [3.63, 3.8) is 0 Å². The van der Waals surface area contributed by atoms with Crippen molar-refractivity contribution in [2.24, 2.45) is 11.1 Å². The molecule has 1 aromatic carbocycles. The predicted molar refractivity (Wildman–Crippen MR) is 89.7 cm³/mol. The Labute approximate surface area is 127 Å². The van der Waals surface area contributed by atoms with Crippen LogP contribution in [0.25, 0.3) is 0 Å². The van der Waals surface area contributed by atoms with Gasteiger partial charge in [0.15, 0.2) is 0 Å². The lowest BCUT2D eigenvalue weighted by atomic mass is 9.87. The molecule has 2 aliphatic heterocycles. The topological polar surface area (TPSA) is 29.3 Å². The molecule has 3 rings (SSSR count). The highest BCUT2D eigenvalue weighted by atomic mass is 32.2. The molecule has 1 saturated heterocycles. The number of rotatable bonds is 3. The third-order valence-corrected chi connectivity index (χ3v) is 6.26. The van der Waals surface area contributed by atoms with E-state index < -0.39 is 0 Å². The van der Waals surface area contributed by atoms with Crippen molar-refractivity contribution in [2.45, 2.75) is 38.6 Å². The van der Waals surface area contributed by atoms with Gasteiger partial charge >= 0.3 is 0 Å². The molecule has 20 heavy (non-hydrogen) atoms. The zero-order valence-corrected chi connectivity index (χ0v) is 13.5. The number of nitrogens with two attached hydrogens (primary N) is 1. The lowest BCUT2D eigenvalue weighted by Crippen LogP contribution is -2.43. The normalized spacial score (nSPS) is 28.4. The van der Waals surface area contributed by atoms with Gasteiger partial charge in [-0.1, -0.05) is 32.0 Å². The van der Waals surface area contributed by atoms with Gasteiger partial charge in [0.05, 0.1) is 0 Å². The smallest absolute Gasteiger partial charge is 0.0405 e. The first-order chi connectivity index (χ1) is 9.61. The Hall–Kier alpha value is -0.670. The molecule has 0 radical (unpaired) electrons. The maximum Gasteiger partial charge on any atom is 0.0405 e. The number of fused-ring (bicyclic) bond motifs is 1. The molecule has 2 N–H and O–H groups in total. The van der Waals surface area contributed by atoms with E-state index in [0.717, 1.165) is 19.5 Å². The Morgan fingerprint density at radius 2 is 2.15 bits per heavy atom. The Balaban J connectivity index is 1.84. The molecule has 0 spiro atoms. The zero-order chi connectivity index (χ0) is 14.2. The summed E-state index contributed by atoms with van der Waals surface area (Å²) >= 11 is 2.12. The van der Waals surface area contributed by atoms with Crippen LogP contribution in [0.4, 0.5) is 5.69 Å². The van der Waals surface area contributed by atoms with Crippen LogP contribution in [-0.2, 0) is 0 Å². The molecule has 0 bridgehead atoms. The molecule has 2 aliphatic rings. The first-order valence-corrected chi connectivity index (χ1v) is 8.89. The number of thioether (sulfide) groups is 1. The Bertz CT molecular complexity index is 472. The number of anilines is 1. The van der Waals surface area contributed by atoms with Gasteiger partial charge in [-0.15, -0.1) is 0 Å². The first kappa shape index (κ1) is 14.3. The minimum atomic E-state index is 0.467. The van der Waals surface area contributed by atoms with Crippen molar-refractivity contribution in [1.29, 1.82) is 0 Å². The number of nitrogens with zero attached hydrogens (tertiary/aromatic N) is 1. The van der Waals surface area contributed by atoms with Crippen LogP contribution in [0.5, 0.6) is 0 Å². The summed E-state index contributed by atoms with van der Waals surface area (Å²) in [5.74, 6) is 3.20. The second-order valence-electron chi connectivity index (χ2n) is 7.02. The fourth-order valence-corrected chi connectivity index (χ4v) is 5.11. The lowest BCUT2D eigenvalue weighted by molar-refractivity contribution is 0.338. The van der Waals surface area contributed by atoms with Crippen molar-refractivity contribution >= 4 is 17.4 Å². The van der Waals surface area contributed by atoms with E-state index >= 15 is 0 Å². The fourth-order valence-electron chi connectivity index (χ4n) is 3.75. The van der Waals surface area contributed by atoms with Gasteiger partial charge in [-0.05, 0) is 42.2 Å². The summed E-state index contributed by atoms with van der Waals surface area (Å²) < 4.78 is 0. The van der Waals surface area contributed by atoms with Crippen molar-refractivity contribution in [3.05, 3.63) is 29.8 Å². The summed E-state index contributed by atoms with van der Waals surface area (Å²) in [6.07, 6.45) is 2.42. The van der Waals surface area contributed by atoms with E-state index in [1.807, 2.05) is 0 Å². The quantitative estimate of drug-likeness (QED) is 0.924. The third-order valence-electron chi connectivity index (χ3n) is 4.65. The average Bonchev–Trinajstić information content (AvgIpc) is 2.78. The van der Waals surface area contributed by atoms with Gasteiger partial charge in [0.2, 0.25) is 0 Å². The largest absolute Gasteiger partial charge is 0.367 e. The second-order valence-corrected chi connectivity index (χ2v) is 8.05. The summed E-state index contributed by atoms with van der Waals surface area (Å²) in [5.41, 5.74) is 9.26. The molecule has 2 atom stereocenters. The van der Waals surface area contributed by atoms with Gasteiger partial charge in [0.25, 0.3) is 0 Å². The zero-order valence-electron chi connectivity index (χ0n) is 12.6. The second kappa shape index (κ2) is 5.61. The van der Waals surface area contributed by atoms with Crippen LogP contribution in [0.15, 0.2) is 24.3 Å². The summed E-state index contributed by atoms with van der Waals surface area (Å²) in [6, 6.07) is 9.64. The molecule has 0 aromatic heterocycles. The molecule has 2 unspecified atom stereocenters. The number of para-hydroxylation sites is 1. The highest BCUT2D eigenvalue weighted by Crippen LogP contribution is 2.43. The molecular formula is C17H26N2S. The van der Waals surface area contributed by atoms with Crippen LogP contribution in [0.2, 0.25) is 0 Å². The van der Waals surface area contributed by atoms with E-state index in [0.29, 0.717) is 17.4 Å². The SMILES string of the molecule is CC1(C)CSCC(N2CC(CCN)c3ccccc32)C1. The molecule has 0 amide bonds. The first-order valence-electron chi connectivity index (χ1n) is 7.74. The third kappa shape index (κ3) is 2.71. The van der Waals surface area contributed by atoms with E-state index in [2.05, 4.69) is 54.8 Å². The highest BCUT2D eigenvalue weighted by Gasteiger charge is 2.37. The van der Waals surface area contributed by atoms with Crippen LogP contribution < -0.4 is 10.6 Å². The van der Waals surface area contributed by atoms with Gasteiger partial charge < -0.3 is 10.6 Å². The standard InChI is InChI=1S/C17H26N2S/c1-17(2)9-14(11-20-12-17)19-10-13(7-8-18)15-5-3-4-6-16(15)19/h3-6,13-14H,7-12,18H2,1-2H3. The van der Waals surface area contributed by atoms with E-state index in [4.69, 9.17) is 5.73 Å². The van der Waals surface area contributed by atoms with Crippen LogP contribution >= 0.6 is 11.8 Å². The van der Waals surface area contributed by atoms with Gasteiger partial charge in [0, 0.05) is 29.9 Å². The minimum Gasteiger partial charge on any atom is -0.367 e. The Morgan fingerprint density at radius 3 is 2.90 bits per heavy atom. The monoisotopic (exact) mass is 290 g/mol. The molecule has 1 aromatic rings. The predicted octanol–water partition coefficient (Wildman–Crippen LogP) is 3.47. The van der Waals surface area contributed by atoms with E-state index in [9.17, 15) is 0 Å². The van der Waals surface area contributed by atoms with E-state index in [-0.39, 0.29) is 0 Å². The van der Waals surface area contributed by atoms with Crippen molar-refractivity contribution < 1.29 is 0 Å². The summed E-state index contributed by atoms with van der Waals surface area (Å²) in [7, 11) is 0. The summed E-state index contributed by atoms with van der Waals surface area (Å²) in [6.45, 7) is 6.77. The minimum absolute atomic E-state index is 0.467. The molecule has 1 fully saturated rings. The van der Waals surface area contributed by atoms with Crippen LogP contribution in [0.1, 0.15) is 38.2 Å². The van der Waals surface area contributed by atoms with Crippen LogP contribution in [0, 0.1) is 5.41 Å². The van der Waals surface area contributed by atoms with Gasteiger partial charge in [-0.3, -0.25) is 0 Å². The molecule has 0 saturated carbocycles. The lowest BCUT2D eigenvalue weighted by Gasteiger charge is -2.40. The van der Waals surface area contributed by atoms with E-state index in [1.165, 1.54) is 29.2 Å². The number of hydrogen-bond acceptors (Lipinski definition) is 3. The molecule has 110 valence electrons. The van der Waals surface area contributed by atoms with Crippen LogP contribution in [0.3, 0.4) is 0 Å². The summed E-state index contributed by atoms with van der Waals surface area (Å²) in [5, 5.41) is 0. The number of benzene rings is 1. The Morgan fingerprint density at radius 1 is 1.35 bits per heavy atom. The fraction of sp³-hybridized carbons (Fsp3) is 0.647. The average molecular weight is 290 g/mol. The molecule has 3 heteroatoms. The van der Waals surface area contributed by atoms with Gasteiger partial charge in [-0.25, -0.2) is 0 Å². The Kier molecular flexibility index (Phi) is 4.00. The molecule has 2 heterocycles. The van der Waals surface area contributed by atoms with Crippen molar-refractivity contribution in [2.75, 3.05) is 29.5 Å².